The highest BCUT2D eigenvalue weighted by Crippen LogP contribution is 2.52. The predicted molar refractivity (Wildman–Crippen MR) is 60.2 cm³/mol. The molecular formula is C11H12Cl2N2. The molecule has 2 nitrogen and oxygen atoms in total. The monoisotopic (exact) mass is 242 g/mol. The maximum absolute atomic E-state index is 5.90. The zero-order valence-corrected chi connectivity index (χ0v) is 9.80. The van der Waals surface area contributed by atoms with E-state index in [-0.39, 0.29) is 0 Å². The molecule has 0 saturated heterocycles. The molecule has 2 aliphatic carbocycles. The van der Waals surface area contributed by atoms with E-state index in [2.05, 4.69) is 9.97 Å². The first kappa shape index (κ1) is 9.86. The Morgan fingerprint density at radius 2 is 1.80 bits per heavy atom. The standard InChI is InChI=1S/C11H12Cl2N2/c12-9-5-10(13)15-11(14-9)8-4-6-1-2-7(8)3-6/h5-8H,1-4H2. The highest BCUT2D eigenvalue weighted by atomic mass is 35.5. The zero-order chi connectivity index (χ0) is 10.4. The molecule has 3 unspecified atom stereocenters. The third-order valence-corrected chi connectivity index (χ3v) is 4.14. The molecule has 4 heteroatoms. The van der Waals surface area contributed by atoms with Gasteiger partial charge in [0, 0.05) is 12.0 Å². The summed E-state index contributed by atoms with van der Waals surface area (Å²) in [6.45, 7) is 0. The van der Waals surface area contributed by atoms with Gasteiger partial charge in [-0.2, -0.15) is 0 Å². The van der Waals surface area contributed by atoms with Crippen LogP contribution in [-0.2, 0) is 0 Å². The van der Waals surface area contributed by atoms with Crippen LogP contribution in [0.25, 0.3) is 0 Å². The van der Waals surface area contributed by atoms with Crippen LogP contribution < -0.4 is 0 Å². The van der Waals surface area contributed by atoms with Crippen molar-refractivity contribution in [2.24, 2.45) is 11.8 Å². The first-order chi connectivity index (χ1) is 7.22. The number of hydrogen-bond acceptors (Lipinski definition) is 2. The molecule has 1 aromatic heterocycles. The van der Waals surface area contributed by atoms with E-state index < -0.39 is 0 Å². The molecule has 0 amide bonds. The molecule has 15 heavy (non-hydrogen) atoms. The van der Waals surface area contributed by atoms with Crippen LogP contribution in [0.5, 0.6) is 0 Å². The molecule has 3 rings (SSSR count). The summed E-state index contributed by atoms with van der Waals surface area (Å²) in [6.07, 6.45) is 5.28. The SMILES string of the molecule is Clc1cc(Cl)nc(C2CC3CCC2C3)n1. The molecule has 0 aliphatic heterocycles. The maximum Gasteiger partial charge on any atom is 0.135 e. The summed E-state index contributed by atoms with van der Waals surface area (Å²) in [7, 11) is 0. The highest BCUT2D eigenvalue weighted by Gasteiger charge is 2.41. The van der Waals surface area contributed by atoms with Gasteiger partial charge in [-0.25, -0.2) is 9.97 Å². The average Bonchev–Trinajstić information content (AvgIpc) is 2.76. The quantitative estimate of drug-likeness (QED) is 0.703. The minimum atomic E-state index is 0.466. The molecule has 80 valence electrons. The summed E-state index contributed by atoms with van der Waals surface area (Å²) in [4.78, 5) is 8.61. The minimum absolute atomic E-state index is 0.466. The van der Waals surface area contributed by atoms with Gasteiger partial charge in [0.15, 0.2) is 0 Å². The van der Waals surface area contributed by atoms with Crippen molar-refractivity contribution in [2.75, 3.05) is 0 Å². The molecule has 0 spiro atoms. The van der Waals surface area contributed by atoms with Gasteiger partial charge < -0.3 is 0 Å². The Morgan fingerprint density at radius 3 is 2.33 bits per heavy atom. The van der Waals surface area contributed by atoms with Gasteiger partial charge >= 0.3 is 0 Å². The molecule has 0 N–H and O–H groups in total. The molecule has 2 bridgehead atoms. The second-order valence-electron chi connectivity index (χ2n) is 4.65. The van der Waals surface area contributed by atoms with Gasteiger partial charge in [0.05, 0.1) is 0 Å². The Hall–Kier alpha value is -0.340. The third-order valence-electron chi connectivity index (χ3n) is 3.75. The first-order valence-electron chi connectivity index (χ1n) is 5.42. The lowest BCUT2D eigenvalue weighted by atomic mass is 9.88. The van der Waals surface area contributed by atoms with Crippen molar-refractivity contribution in [3.63, 3.8) is 0 Å². The number of hydrogen-bond donors (Lipinski definition) is 0. The predicted octanol–water partition coefficient (Wildman–Crippen LogP) is 3.69. The Kier molecular flexibility index (Phi) is 2.37. The lowest BCUT2D eigenvalue weighted by molar-refractivity contribution is 0.405. The fraction of sp³-hybridized carbons (Fsp3) is 0.636. The molecule has 1 aromatic rings. The van der Waals surface area contributed by atoms with Crippen LogP contribution in [0.1, 0.15) is 37.4 Å². The van der Waals surface area contributed by atoms with Gasteiger partial charge in [0.2, 0.25) is 0 Å². The van der Waals surface area contributed by atoms with Gasteiger partial charge in [0.1, 0.15) is 16.1 Å². The van der Waals surface area contributed by atoms with E-state index in [4.69, 9.17) is 23.2 Å². The smallest absolute Gasteiger partial charge is 0.135 e. The number of aromatic nitrogens is 2. The van der Waals surface area contributed by atoms with E-state index in [1.165, 1.54) is 25.7 Å². The Morgan fingerprint density at radius 1 is 1.07 bits per heavy atom. The molecule has 2 fully saturated rings. The molecule has 2 aliphatic rings. The van der Waals surface area contributed by atoms with Crippen LogP contribution in [0, 0.1) is 11.8 Å². The van der Waals surface area contributed by atoms with Crippen LogP contribution in [-0.4, -0.2) is 9.97 Å². The Bertz CT molecular complexity index is 374. The van der Waals surface area contributed by atoms with Crippen molar-refractivity contribution in [2.45, 2.75) is 31.6 Å². The van der Waals surface area contributed by atoms with Gasteiger partial charge in [-0.1, -0.05) is 29.6 Å². The van der Waals surface area contributed by atoms with E-state index in [1.807, 2.05) is 0 Å². The molecule has 0 radical (unpaired) electrons. The van der Waals surface area contributed by atoms with Gasteiger partial charge in [-0.15, -0.1) is 0 Å². The van der Waals surface area contributed by atoms with E-state index in [1.54, 1.807) is 6.07 Å². The van der Waals surface area contributed by atoms with Gasteiger partial charge in [0.25, 0.3) is 0 Å². The highest BCUT2D eigenvalue weighted by molar-refractivity contribution is 6.33. The summed E-state index contributed by atoms with van der Waals surface area (Å²) < 4.78 is 0. The lowest BCUT2D eigenvalue weighted by Crippen LogP contribution is -2.12. The van der Waals surface area contributed by atoms with Crippen molar-refractivity contribution in [1.82, 2.24) is 9.97 Å². The minimum Gasteiger partial charge on any atom is -0.221 e. The van der Waals surface area contributed by atoms with Crippen LogP contribution in [0.2, 0.25) is 10.3 Å². The van der Waals surface area contributed by atoms with Crippen LogP contribution in [0.4, 0.5) is 0 Å². The lowest BCUT2D eigenvalue weighted by Gasteiger charge is -2.20. The molecule has 2 saturated carbocycles. The van der Waals surface area contributed by atoms with E-state index in [0.29, 0.717) is 16.2 Å². The van der Waals surface area contributed by atoms with Crippen molar-refractivity contribution in [3.05, 3.63) is 22.2 Å². The van der Waals surface area contributed by atoms with E-state index >= 15 is 0 Å². The first-order valence-corrected chi connectivity index (χ1v) is 6.18. The van der Waals surface area contributed by atoms with Crippen LogP contribution in [0.3, 0.4) is 0 Å². The third kappa shape index (κ3) is 1.74. The fourth-order valence-electron chi connectivity index (χ4n) is 3.13. The second-order valence-corrected chi connectivity index (χ2v) is 5.43. The Balaban J connectivity index is 1.93. The van der Waals surface area contributed by atoms with Gasteiger partial charge in [-0.05, 0) is 31.1 Å². The molecule has 3 atom stereocenters. The number of fused-ring (bicyclic) bond motifs is 2. The summed E-state index contributed by atoms with van der Waals surface area (Å²) >= 11 is 11.8. The normalized spacial score (nSPS) is 33.6. The van der Waals surface area contributed by atoms with Crippen molar-refractivity contribution in [1.29, 1.82) is 0 Å². The molecule has 0 aromatic carbocycles. The topological polar surface area (TPSA) is 25.8 Å². The van der Waals surface area contributed by atoms with Crippen LogP contribution in [0.15, 0.2) is 6.07 Å². The zero-order valence-electron chi connectivity index (χ0n) is 8.29. The molecule has 1 heterocycles. The summed E-state index contributed by atoms with van der Waals surface area (Å²) in [6, 6.07) is 1.60. The van der Waals surface area contributed by atoms with Crippen molar-refractivity contribution < 1.29 is 0 Å². The van der Waals surface area contributed by atoms with Crippen molar-refractivity contribution in [3.8, 4) is 0 Å². The fourth-order valence-corrected chi connectivity index (χ4v) is 3.57. The number of nitrogens with zero attached hydrogens (tertiary/aromatic N) is 2. The maximum atomic E-state index is 5.90. The van der Waals surface area contributed by atoms with E-state index in [0.717, 1.165) is 17.7 Å². The number of halogens is 2. The Labute approximate surface area is 99.0 Å². The average molecular weight is 243 g/mol. The number of rotatable bonds is 1. The summed E-state index contributed by atoms with van der Waals surface area (Å²) in [5.74, 6) is 3.02. The van der Waals surface area contributed by atoms with Crippen LogP contribution >= 0.6 is 23.2 Å². The largest absolute Gasteiger partial charge is 0.221 e. The van der Waals surface area contributed by atoms with Crippen molar-refractivity contribution >= 4 is 23.2 Å². The molecular weight excluding hydrogens is 231 g/mol. The van der Waals surface area contributed by atoms with E-state index in [9.17, 15) is 0 Å². The summed E-state index contributed by atoms with van der Waals surface area (Å²) in [5, 5.41) is 0.931. The second kappa shape index (κ2) is 3.60. The summed E-state index contributed by atoms with van der Waals surface area (Å²) in [5.41, 5.74) is 0. The van der Waals surface area contributed by atoms with Gasteiger partial charge in [-0.3, -0.25) is 0 Å².